The van der Waals surface area contributed by atoms with Gasteiger partial charge in [0, 0.05) is 17.0 Å². The van der Waals surface area contributed by atoms with Gasteiger partial charge in [-0.2, -0.15) is 18.1 Å². The number of alkyl halides is 3. The van der Waals surface area contributed by atoms with Gasteiger partial charge < -0.3 is 20.2 Å². The number of aromatic nitrogens is 2. The van der Waals surface area contributed by atoms with Crippen molar-refractivity contribution in [1.29, 1.82) is 0 Å². The molecule has 1 aliphatic rings. The third-order valence-corrected chi connectivity index (χ3v) is 5.44. The Morgan fingerprint density at radius 1 is 1.27 bits per heavy atom. The highest BCUT2D eigenvalue weighted by molar-refractivity contribution is 5.98. The Bertz CT molecular complexity index is 1220. The SMILES string of the molecule is COc1ccc(-c2nc(C(=O)NC3CC(N=O)C3)c([C@H](C)N)o2)c2ccc(C(F)(F)F)nc12. The minimum absolute atomic E-state index is 0.00251. The van der Waals surface area contributed by atoms with Crippen molar-refractivity contribution in [2.45, 2.75) is 44.1 Å². The number of nitroso groups, excluding NO2 is 1. The lowest BCUT2D eigenvalue weighted by molar-refractivity contribution is -0.140. The van der Waals surface area contributed by atoms with E-state index in [0.29, 0.717) is 23.8 Å². The predicted octanol–water partition coefficient (Wildman–Crippen LogP) is 3.96. The van der Waals surface area contributed by atoms with Crippen LogP contribution in [0, 0.1) is 4.91 Å². The Morgan fingerprint density at radius 2 is 2.00 bits per heavy atom. The number of hydrogen-bond donors (Lipinski definition) is 2. The maximum atomic E-state index is 13.2. The smallest absolute Gasteiger partial charge is 0.433 e. The van der Waals surface area contributed by atoms with Gasteiger partial charge in [-0.1, -0.05) is 5.18 Å². The average Bonchev–Trinajstić information content (AvgIpc) is 3.19. The fraction of sp³-hybridized carbons (Fsp3) is 0.381. The summed E-state index contributed by atoms with van der Waals surface area (Å²) in [4.78, 5) is 31.3. The van der Waals surface area contributed by atoms with E-state index >= 15 is 0 Å². The number of benzene rings is 1. The summed E-state index contributed by atoms with van der Waals surface area (Å²) in [7, 11) is 1.32. The van der Waals surface area contributed by atoms with Gasteiger partial charge in [0.1, 0.15) is 17.0 Å². The molecule has 0 unspecified atom stereocenters. The molecule has 12 heteroatoms. The van der Waals surface area contributed by atoms with Gasteiger partial charge in [0.05, 0.1) is 19.2 Å². The number of methoxy groups -OCH3 is 1. The monoisotopic (exact) mass is 463 g/mol. The van der Waals surface area contributed by atoms with E-state index in [1.54, 1.807) is 13.0 Å². The summed E-state index contributed by atoms with van der Waals surface area (Å²) in [5.74, 6) is -0.263. The average molecular weight is 463 g/mol. The lowest BCUT2D eigenvalue weighted by Crippen LogP contribution is -2.46. The first-order chi connectivity index (χ1) is 15.6. The van der Waals surface area contributed by atoms with Crippen LogP contribution in [0.2, 0.25) is 0 Å². The van der Waals surface area contributed by atoms with E-state index in [9.17, 15) is 22.9 Å². The van der Waals surface area contributed by atoms with Crippen LogP contribution in [0.1, 0.15) is 47.7 Å². The molecule has 1 aliphatic carbocycles. The largest absolute Gasteiger partial charge is 0.494 e. The molecule has 174 valence electrons. The molecular weight excluding hydrogens is 443 g/mol. The topological polar surface area (TPSA) is 133 Å². The Balaban J connectivity index is 1.76. The van der Waals surface area contributed by atoms with Gasteiger partial charge >= 0.3 is 6.18 Å². The van der Waals surface area contributed by atoms with Gasteiger partial charge in [-0.25, -0.2) is 9.97 Å². The maximum Gasteiger partial charge on any atom is 0.433 e. The van der Waals surface area contributed by atoms with Gasteiger partial charge in [0.2, 0.25) is 5.89 Å². The number of carbonyl (C=O) groups excluding carboxylic acids is 1. The zero-order valence-corrected chi connectivity index (χ0v) is 17.6. The number of nitrogens with two attached hydrogens (primary N) is 1. The Hall–Kier alpha value is -3.54. The van der Waals surface area contributed by atoms with Gasteiger partial charge in [0.15, 0.2) is 11.5 Å². The van der Waals surface area contributed by atoms with Crippen molar-refractivity contribution in [2.24, 2.45) is 10.9 Å². The van der Waals surface area contributed by atoms with Crippen LogP contribution in [0.3, 0.4) is 0 Å². The standard InChI is InChI=1S/C21H20F3N5O4/c1-9(25)18-17(19(30)26-10-7-11(8-10)29-31)28-20(33-18)13-3-5-14(32-2)16-12(13)4-6-15(27-16)21(22,23)24/h3-6,9-11H,7-8,25H2,1-2H3,(H,26,30)/t9-,10?,11?/m0/s1. The molecule has 1 aromatic carbocycles. The molecule has 33 heavy (non-hydrogen) atoms. The second kappa shape index (κ2) is 8.43. The van der Waals surface area contributed by atoms with Gasteiger partial charge in [-0.3, -0.25) is 4.79 Å². The van der Waals surface area contributed by atoms with Gasteiger partial charge in [0.25, 0.3) is 5.91 Å². The van der Waals surface area contributed by atoms with Crippen LogP contribution in [0.4, 0.5) is 13.2 Å². The molecule has 2 heterocycles. The summed E-state index contributed by atoms with van der Waals surface area (Å²) in [6, 6.07) is 3.88. The molecule has 0 spiro atoms. The number of rotatable bonds is 6. The number of amides is 1. The van der Waals surface area contributed by atoms with Crippen molar-refractivity contribution < 1.29 is 27.1 Å². The molecule has 9 nitrogen and oxygen atoms in total. The van der Waals surface area contributed by atoms with Gasteiger partial charge in [-0.05, 0) is 44.0 Å². The fourth-order valence-corrected chi connectivity index (χ4v) is 3.67. The fourth-order valence-electron chi connectivity index (χ4n) is 3.67. The molecule has 3 N–H and O–H groups in total. The Morgan fingerprint density at radius 3 is 2.61 bits per heavy atom. The Labute approximate surface area is 185 Å². The second-order valence-corrected chi connectivity index (χ2v) is 7.83. The number of ether oxygens (including phenoxy) is 1. The first-order valence-corrected chi connectivity index (χ1v) is 10.1. The lowest BCUT2D eigenvalue weighted by atomic mass is 9.87. The second-order valence-electron chi connectivity index (χ2n) is 7.83. The van der Waals surface area contributed by atoms with Crippen LogP contribution >= 0.6 is 0 Å². The summed E-state index contributed by atoms with van der Waals surface area (Å²) < 4.78 is 50.5. The number of pyridine rings is 1. The third-order valence-electron chi connectivity index (χ3n) is 5.44. The van der Waals surface area contributed by atoms with Crippen molar-refractivity contribution in [1.82, 2.24) is 15.3 Å². The highest BCUT2D eigenvalue weighted by atomic mass is 19.4. The summed E-state index contributed by atoms with van der Waals surface area (Å²) in [6.07, 6.45) is -3.76. The van der Waals surface area contributed by atoms with Crippen LogP contribution in [0.5, 0.6) is 5.75 Å². The quantitative estimate of drug-likeness (QED) is 0.529. The summed E-state index contributed by atoms with van der Waals surface area (Å²) in [5, 5.41) is 6.00. The van der Waals surface area contributed by atoms with E-state index in [4.69, 9.17) is 14.9 Å². The molecule has 1 amide bonds. The van der Waals surface area contributed by atoms with Crippen molar-refractivity contribution >= 4 is 16.8 Å². The molecule has 4 rings (SSSR count). The van der Waals surface area contributed by atoms with Crippen molar-refractivity contribution in [3.8, 4) is 17.2 Å². The molecule has 0 bridgehead atoms. The summed E-state index contributed by atoms with van der Waals surface area (Å²) in [6.45, 7) is 1.61. The normalized spacial score (nSPS) is 19.1. The van der Waals surface area contributed by atoms with Crippen LogP contribution in [0.15, 0.2) is 33.9 Å². The van der Waals surface area contributed by atoms with E-state index < -0.39 is 23.8 Å². The molecule has 2 aromatic heterocycles. The molecule has 1 atom stereocenters. The third kappa shape index (κ3) is 4.25. The molecule has 0 radical (unpaired) electrons. The molecule has 1 saturated carbocycles. The Kier molecular flexibility index (Phi) is 5.78. The zero-order valence-electron chi connectivity index (χ0n) is 17.6. The highest BCUT2D eigenvalue weighted by Crippen LogP contribution is 2.37. The van der Waals surface area contributed by atoms with Crippen LogP contribution in [0.25, 0.3) is 22.4 Å². The highest BCUT2D eigenvalue weighted by Gasteiger charge is 2.35. The summed E-state index contributed by atoms with van der Waals surface area (Å²) >= 11 is 0. The van der Waals surface area contributed by atoms with E-state index in [1.165, 1.54) is 19.2 Å². The lowest BCUT2D eigenvalue weighted by Gasteiger charge is -2.30. The zero-order chi connectivity index (χ0) is 23.9. The van der Waals surface area contributed by atoms with E-state index in [-0.39, 0.29) is 40.7 Å². The van der Waals surface area contributed by atoms with E-state index in [0.717, 1.165) is 6.07 Å². The van der Waals surface area contributed by atoms with Crippen LogP contribution in [-0.4, -0.2) is 35.1 Å². The van der Waals surface area contributed by atoms with Crippen LogP contribution in [-0.2, 0) is 6.18 Å². The molecule has 0 aliphatic heterocycles. The first-order valence-electron chi connectivity index (χ1n) is 10.1. The number of hydrogen-bond acceptors (Lipinski definition) is 8. The minimum Gasteiger partial charge on any atom is -0.494 e. The number of nitrogens with one attached hydrogen (secondary N) is 1. The van der Waals surface area contributed by atoms with Crippen molar-refractivity contribution in [3.63, 3.8) is 0 Å². The van der Waals surface area contributed by atoms with Crippen LogP contribution < -0.4 is 15.8 Å². The first kappa shape index (κ1) is 22.6. The predicted molar refractivity (Wildman–Crippen MR) is 111 cm³/mol. The summed E-state index contributed by atoms with van der Waals surface area (Å²) in [5.41, 5.74) is 5.15. The van der Waals surface area contributed by atoms with Gasteiger partial charge in [-0.15, -0.1) is 0 Å². The molecule has 3 aromatic rings. The number of fused-ring (bicyclic) bond motifs is 1. The molecule has 1 fully saturated rings. The molecule has 0 saturated heterocycles. The van der Waals surface area contributed by atoms with Crippen molar-refractivity contribution in [3.05, 3.63) is 46.3 Å². The maximum absolute atomic E-state index is 13.2. The number of carbonyl (C=O) groups is 1. The minimum atomic E-state index is -4.63. The van der Waals surface area contributed by atoms with Crippen molar-refractivity contribution in [2.75, 3.05) is 7.11 Å². The number of oxazole rings is 1. The molecular formula is C21H20F3N5O4. The van der Waals surface area contributed by atoms with E-state index in [1.807, 2.05) is 0 Å². The van der Waals surface area contributed by atoms with E-state index in [2.05, 4.69) is 20.5 Å². The number of nitrogens with zero attached hydrogens (tertiary/aromatic N) is 3. The number of halogens is 3.